The van der Waals surface area contributed by atoms with Crippen LogP contribution < -0.4 is 4.72 Å². The van der Waals surface area contributed by atoms with Crippen molar-refractivity contribution in [2.45, 2.75) is 29.2 Å². The van der Waals surface area contributed by atoms with Gasteiger partial charge in [0.05, 0.1) is 12.0 Å². The SMILES string of the molecule is CNS(=O)(=O)c1ccc(-c2ccc(C(O)(c3cn(C(c4ccccc4)(c4ccccc4)c4ccccc4)cn3)C(C)C)cc2)s1. The lowest BCUT2D eigenvalue weighted by Crippen LogP contribution is -2.37. The smallest absolute Gasteiger partial charge is 0.249 e. The Kier molecular flexibility index (Phi) is 8.33. The summed E-state index contributed by atoms with van der Waals surface area (Å²) in [5.41, 5.74) is 3.18. The molecule has 6 nitrogen and oxygen atoms in total. The minimum Gasteiger partial charge on any atom is -0.378 e. The average molecular weight is 634 g/mol. The van der Waals surface area contributed by atoms with Gasteiger partial charge in [-0.25, -0.2) is 18.1 Å². The third kappa shape index (κ3) is 5.34. The number of hydrogen-bond donors (Lipinski definition) is 2. The van der Waals surface area contributed by atoms with Crippen LogP contribution in [0.2, 0.25) is 0 Å². The summed E-state index contributed by atoms with van der Waals surface area (Å²) in [4.78, 5) is 5.72. The average Bonchev–Trinajstić information content (AvgIpc) is 3.79. The van der Waals surface area contributed by atoms with Crippen LogP contribution in [0.15, 0.2) is 144 Å². The van der Waals surface area contributed by atoms with Crippen LogP contribution in [0.3, 0.4) is 0 Å². The van der Waals surface area contributed by atoms with Crippen LogP contribution >= 0.6 is 11.3 Å². The van der Waals surface area contributed by atoms with E-state index in [1.165, 1.54) is 18.4 Å². The van der Waals surface area contributed by atoms with Gasteiger partial charge in [0.1, 0.15) is 15.3 Å². The number of sulfonamides is 1. The number of hydrogen-bond acceptors (Lipinski definition) is 5. The van der Waals surface area contributed by atoms with E-state index in [1.54, 1.807) is 12.1 Å². The number of aromatic nitrogens is 2. The Hall–Kier alpha value is -4.34. The van der Waals surface area contributed by atoms with Crippen LogP contribution in [-0.2, 0) is 21.2 Å². The molecule has 0 radical (unpaired) electrons. The van der Waals surface area contributed by atoms with Crippen molar-refractivity contribution in [3.05, 3.63) is 168 Å². The zero-order valence-electron chi connectivity index (χ0n) is 25.3. The first kappa shape index (κ1) is 30.7. The molecule has 1 unspecified atom stereocenters. The largest absolute Gasteiger partial charge is 0.378 e. The molecule has 228 valence electrons. The Morgan fingerprint density at radius 3 is 1.71 bits per heavy atom. The maximum Gasteiger partial charge on any atom is 0.249 e. The molecular formula is C37H35N3O3S2. The monoisotopic (exact) mass is 633 g/mol. The number of thiophene rings is 1. The summed E-state index contributed by atoms with van der Waals surface area (Å²) in [7, 11) is -2.11. The lowest BCUT2D eigenvalue weighted by atomic mass is 9.76. The summed E-state index contributed by atoms with van der Waals surface area (Å²) < 4.78 is 29.3. The number of imidazole rings is 1. The summed E-state index contributed by atoms with van der Waals surface area (Å²) in [6.45, 7) is 3.97. The molecule has 4 aromatic carbocycles. The standard InChI is InChI=1S/C37H35N3O3S2/c1-27(2)37(41,32-21-19-28(20-22-32)33-23-24-35(44-33)45(42,43)38-3)34-25-40(26-39-34)36(29-13-7-4-8-14-29,30-15-9-5-10-16-30)31-17-11-6-12-18-31/h4-27,38,41H,1-3H3. The second kappa shape index (κ2) is 12.2. The summed E-state index contributed by atoms with van der Waals surface area (Å²) >= 11 is 1.20. The molecule has 0 bridgehead atoms. The lowest BCUT2D eigenvalue weighted by molar-refractivity contribution is 0.0278. The molecule has 0 spiro atoms. The van der Waals surface area contributed by atoms with E-state index in [0.29, 0.717) is 11.3 Å². The summed E-state index contributed by atoms with van der Waals surface area (Å²) in [6, 6.07) is 42.2. The minimum atomic E-state index is -3.52. The first-order valence-corrected chi connectivity index (χ1v) is 17.1. The molecule has 6 aromatic rings. The third-order valence-corrected chi connectivity index (χ3v) is 11.5. The van der Waals surface area contributed by atoms with Crippen molar-refractivity contribution >= 4 is 21.4 Å². The second-order valence-corrected chi connectivity index (χ2v) is 14.5. The molecule has 2 heterocycles. The molecule has 2 aromatic heterocycles. The molecular weight excluding hydrogens is 599 g/mol. The van der Waals surface area contributed by atoms with E-state index in [2.05, 4.69) is 45.7 Å². The molecule has 0 saturated heterocycles. The summed E-state index contributed by atoms with van der Waals surface area (Å²) in [6.07, 6.45) is 3.79. The van der Waals surface area contributed by atoms with Gasteiger partial charge in [-0.2, -0.15) is 0 Å². The summed E-state index contributed by atoms with van der Waals surface area (Å²) in [5.74, 6) is -0.208. The normalized spacial score (nSPS) is 13.5. The molecule has 0 aliphatic rings. The Bertz CT molecular complexity index is 1890. The molecule has 8 heteroatoms. The number of nitrogens with one attached hydrogen (secondary N) is 1. The third-order valence-electron chi connectivity index (χ3n) is 8.50. The molecule has 0 aliphatic carbocycles. The van der Waals surface area contributed by atoms with Crippen LogP contribution in [0, 0.1) is 5.92 Å². The molecule has 6 rings (SSSR count). The molecule has 1 atom stereocenters. The Balaban J connectivity index is 1.47. The van der Waals surface area contributed by atoms with Crippen LogP contribution in [-0.4, -0.2) is 30.1 Å². The van der Waals surface area contributed by atoms with Crippen LogP contribution in [0.4, 0.5) is 0 Å². The van der Waals surface area contributed by atoms with Gasteiger partial charge in [0.25, 0.3) is 0 Å². The zero-order valence-corrected chi connectivity index (χ0v) is 27.0. The van der Waals surface area contributed by atoms with E-state index in [4.69, 9.17) is 4.98 Å². The van der Waals surface area contributed by atoms with E-state index in [9.17, 15) is 13.5 Å². The van der Waals surface area contributed by atoms with Crippen molar-refractivity contribution < 1.29 is 13.5 Å². The predicted molar refractivity (Wildman–Crippen MR) is 181 cm³/mol. The first-order chi connectivity index (χ1) is 21.7. The second-order valence-electron chi connectivity index (χ2n) is 11.3. The van der Waals surface area contributed by atoms with Crippen molar-refractivity contribution in [1.82, 2.24) is 14.3 Å². The highest BCUT2D eigenvalue weighted by Gasteiger charge is 2.42. The quantitative estimate of drug-likeness (QED) is 0.156. The van der Waals surface area contributed by atoms with Crippen molar-refractivity contribution in [1.29, 1.82) is 0 Å². The summed E-state index contributed by atoms with van der Waals surface area (Å²) in [5, 5.41) is 12.5. The van der Waals surface area contributed by atoms with Crippen molar-refractivity contribution in [2.24, 2.45) is 5.92 Å². The highest BCUT2D eigenvalue weighted by Crippen LogP contribution is 2.43. The zero-order chi connectivity index (χ0) is 31.7. The van der Waals surface area contributed by atoms with Gasteiger partial charge in [0, 0.05) is 11.1 Å². The topological polar surface area (TPSA) is 84.2 Å². The van der Waals surface area contributed by atoms with E-state index >= 15 is 0 Å². The van der Waals surface area contributed by atoms with Gasteiger partial charge in [-0.3, -0.25) is 0 Å². The molecule has 0 amide bonds. The lowest BCUT2D eigenvalue weighted by Gasteiger charge is -2.37. The van der Waals surface area contributed by atoms with E-state index < -0.39 is 21.2 Å². The fourth-order valence-electron chi connectivity index (χ4n) is 6.07. The Labute approximate surface area is 268 Å². The van der Waals surface area contributed by atoms with Gasteiger partial charge in [0.2, 0.25) is 10.0 Å². The maximum atomic E-state index is 12.5. The minimum absolute atomic E-state index is 0.208. The molecule has 0 fully saturated rings. The molecule has 2 N–H and O–H groups in total. The Morgan fingerprint density at radius 2 is 1.24 bits per heavy atom. The van der Waals surface area contributed by atoms with Gasteiger partial charge in [-0.15, -0.1) is 11.3 Å². The van der Waals surface area contributed by atoms with E-state index in [1.807, 2.05) is 105 Å². The fourth-order valence-corrected chi connectivity index (χ4v) is 8.22. The highest BCUT2D eigenvalue weighted by atomic mass is 32.2. The molecule has 0 aliphatic heterocycles. The number of aliphatic hydroxyl groups is 1. The van der Waals surface area contributed by atoms with Crippen LogP contribution in [0.5, 0.6) is 0 Å². The van der Waals surface area contributed by atoms with Gasteiger partial charge in [0.15, 0.2) is 0 Å². The fraction of sp³-hybridized carbons (Fsp3) is 0.162. The predicted octanol–water partition coefficient (Wildman–Crippen LogP) is 7.25. The van der Waals surface area contributed by atoms with Crippen LogP contribution in [0.25, 0.3) is 10.4 Å². The number of nitrogens with zero attached hydrogens (tertiary/aromatic N) is 2. The van der Waals surface area contributed by atoms with E-state index in [-0.39, 0.29) is 10.1 Å². The number of rotatable bonds is 10. The number of benzene rings is 4. The van der Waals surface area contributed by atoms with E-state index in [0.717, 1.165) is 27.1 Å². The highest BCUT2D eigenvalue weighted by molar-refractivity contribution is 7.91. The van der Waals surface area contributed by atoms with Gasteiger partial charge in [-0.1, -0.05) is 129 Å². The first-order valence-electron chi connectivity index (χ1n) is 14.8. The Morgan fingerprint density at radius 1 is 0.733 bits per heavy atom. The van der Waals surface area contributed by atoms with Crippen molar-refractivity contribution in [3.8, 4) is 10.4 Å². The van der Waals surface area contributed by atoms with Gasteiger partial charge in [-0.05, 0) is 52.9 Å². The van der Waals surface area contributed by atoms with Crippen molar-refractivity contribution in [3.63, 3.8) is 0 Å². The van der Waals surface area contributed by atoms with Gasteiger partial charge >= 0.3 is 0 Å². The van der Waals surface area contributed by atoms with Crippen molar-refractivity contribution in [2.75, 3.05) is 7.05 Å². The maximum absolute atomic E-state index is 12.5. The van der Waals surface area contributed by atoms with Gasteiger partial charge < -0.3 is 9.67 Å². The molecule has 45 heavy (non-hydrogen) atoms. The molecule has 0 saturated carbocycles. The van der Waals surface area contributed by atoms with Crippen LogP contribution in [0.1, 0.15) is 41.8 Å².